The molecule has 0 heterocycles. The van der Waals surface area contributed by atoms with Crippen molar-refractivity contribution in [2.75, 3.05) is 7.05 Å². The van der Waals surface area contributed by atoms with E-state index in [9.17, 15) is 8.42 Å². The fourth-order valence-electron chi connectivity index (χ4n) is 1.77. The number of benzene rings is 2. The van der Waals surface area contributed by atoms with E-state index < -0.39 is 10.0 Å². The van der Waals surface area contributed by atoms with Crippen molar-refractivity contribution in [1.82, 2.24) is 4.31 Å². The van der Waals surface area contributed by atoms with Crippen LogP contribution in [0.25, 0.3) is 6.08 Å². The lowest BCUT2D eigenvalue weighted by atomic mass is 10.2. The van der Waals surface area contributed by atoms with E-state index in [2.05, 4.69) is 0 Å². The maximum absolute atomic E-state index is 12.2. The van der Waals surface area contributed by atoms with Crippen molar-refractivity contribution in [2.24, 2.45) is 0 Å². The molecule has 5 heteroatoms. The third-order valence-electron chi connectivity index (χ3n) is 2.98. The average Bonchev–Trinajstić information content (AvgIpc) is 2.48. The Balaban J connectivity index is 2.08. The number of rotatable bonds is 5. The summed E-state index contributed by atoms with van der Waals surface area (Å²) < 4.78 is 25.7. The number of nitrogens with zero attached hydrogens (tertiary/aromatic N) is 1. The number of sulfonamides is 1. The molecule has 110 valence electrons. The molecule has 0 saturated heterocycles. The summed E-state index contributed by atoms with van der Waals surface area (Å²) in [6.45, 7) is 0.341. The fraction of sp³-hybridized carbons (Fsp3) is 0.125. The Bertz CT molecular complexity index is 710. The minimum atomic E-state index is -3.45. The van der Waals surface area contributed by atoms with E-state index in [1.165, 1.54) is 9.71 Å². The first-order chi connectivity index (χ1) is 9.97. The van der Waals surface area contributed by atoms with Gasteiger partial charge in [0.1, 0.15) is 0 Å². The number of hydrogen-bond acceptors (Lipinski definition) is 2. The molecule has 0 aliphatic carbocycles. The Hall–Kier alpha value is -1.62. The molecule has 21 heavy (non-hydrogen) atoms. The predicted molar refractivity (Wildman–Crippen MR) is 87.3 cm³/mol. The van der Waals surface area contributed by atoms with E-state index in [-0.39, 0.29) is 0 Å². The summed E-state index contributed by atoms with van der Waals surface area (Å²) in [5.74, 6) is 0. The molecule has 0 bridgehead atoms. The molecule has 0 unspecified atom stereocenters. The number of halogens is 1. The van der Waals surface area contributed by atoms with E-state index in [1.807, 2.05) is 30.3 Å². The molecule has 2 rings (SSSR count). The topological polar surface area (TPSA) is 37.4 Å². The molecule has 0 N–H and O–H groups in total. The van der Waals surface area contributed by atoms with Gasteiger partial charge in [-0.1, -0.05) is 54.1 Å². The van der Waals surface area contributed by atoms with Gasteiger partial charge in [-0.15, -0.1) is 0 Å². The van der Waals surface area contributed by atoms with Gasteiger partial charge in [-0.25, -0.2) is 8.42 Å². The minimum absolute atomic E-state index is 0.341. The van der Waals surface area contributed by atoms with Crippen molar-refractivity contribution in [1.29, 1.82) is 0 Å². The van der Waals surface area contributed by atoms with Gasteiger partial charge in [0.2, 0.25) is 10.0 Å². The fourth-order valence-corrected chi connectivity index (χ4v) is 2.76. The van der Waals surface area contributed by atoms with Gasteiger partial charge in [-0.05, 0) is 29.3 Å². The summed E-state index contributed by atoms with van der Waals surface area (Å²) in [7, 11) is -1.88. The van der Waals surface area contributed by atoms with E-state index in [4.69, 9.17) is 11.6 Å². The minimum Gasteiger partial charge on any atom is -0.208 e. The van der Waals surface area contributed by atoms with Gasteiger partial charge in [0.15, 0.2) is 0 Å². The van der Waals surface area contributed by atoms with Crippen molar-refractivity contribution in [3.8, 4) is 0 Å². The molecule has 2 aromatic rings. The van der Waals surface area contributed by atoms with Crippen LogP contribution in [0.2, 0.25) is 5.02 Å². The van der Waals surface area contributed by atoms with E-state index in [0.29, 0.717) is 11.6 Å². The van der Waals surface area contributed by atoms with E-state index in [0.717, 1.165) is 11.1 Å². The largest absolute Gasteiger partial charge is 0.236 e. The van der Waals surface area contributed by atoms with Crippen LogP contribution in [-0.4, -0.2) is 19.8 Å². The molecule has 0 amide bonds. The van der Waals surface area contributed by atoms with E-state index in [1.54, 1.807) is 37.4 Å². The van der Waals surface area contributed by atoms with Crippen molar-refractivity contribution in [3.63, 3.8) is 0 Å². The first-order valence-electron chi connectivity index (χ1n) is 6.41. The first kappa shape index (κ1) is 15.8. The monoisotopic (exact) mass is 321 g/mol. The maximum Gasteiger partial charge on any atom is 0.236 e. The molecule has 0 saturated carbocycles. The average molecular weight is 322 g/mol. The first-order valence-corrected chi connectivity index (χ1v) is 8.29. The van der Waals surface area contributed by atoms with Gasteiger partial charge >= 0.3 is 0 Å². The van der Waals surface area contributed by atoms with Crippen LogP contribution in [0.4, 0.5) is 0 Å². The summed E-state index contributed by atoms with van der Waals surface area (Å²) in [6.07, 6.45) is 1.56. The lowest BCUT2D eigenvalue weighted by Gasteiger charge is -2.14. The van der Waals surface area contributed by atoms with Gasteiger partial charge in [-0.3, -0.25) is 0 Å². The summed E-state index contributed by atoms with van der Waals surface area (Å²) in [6, 6.07) is 16.5. The van der Waals surface area contributed by atoms with Crippen molar-refractivity contribution < 1.29 is 8.42 Å². The Morgan fingerprint density at radius 1 is 1.05 bits per heavy atom. The quantitative estimate of drug-likeness (QED) is 0.840. The molecule has 0 aliphatic heterocycles. The van der Waals surface area contributed by atoms with Crippen LogP contribution >= 0.6 is 11.6 Å². The molecular formula is C16H16ClNO2S. The summed E-state index contributed by atoms with van der Waals surface area (Å²) in [5.41, 5.74) is 1.74. The summed E-state index contributed by atoms with van der Waals surface area (Å²) in [4.78, 5) is 0. The lowest BCUT2D eigenvalue weighted by Crippen LogP contribution is -2.24. The van der Waals surface area contributed by atoms with Crippen LogP contribution in [-0.2, 0) is 16.6 Å². The molecule has 0 aliphatic rings. The lowest BCUT2D eigenvalue weighted by molar-refractivity contribution is 0.475. The molecule has 2 aromatic carbocycles. The zero-order valence-electron chi connectivity index (χ0n) is 11.6. The molecule has 0 radical (unpaired) electrons. The van der Waals surface area contributed by atoms with Crippen molar-refractivity contribution in [3.05, 3.63) is 76.2 Å². The molecule has 0 fully saturated rings. The molecular weight excluding hydrogens is 306 g/mol. The zero-order chi connectivity index (χ0) is 15.3. The van der Waals surface area contributed by atoms with Crippen LogP contribution in [0, 0.1) is 0 Å². The van der Waals surface area contributed by atoms with Crippen LogP contribution in [0.3, 0.4) is 0 Å². The molecule has 0 spiro atoms. The van der Waals surface area contributed by atoms with Gasteiger partial charge in [0, 0.05) is 24.0 Å². The predicted octanol–water partition coefficient (Wildman–Crippen LogP) is 3.77. The van der Waals surface area contributed by atoms with E-state index >= 15 is 0 Å². The smallest absolute Gasteiger partial charge is 0.208 e. The van der Waals surface area contributed by atoms with Crippen molar-refractivity contribution >= 4 is 27.7 Å². The second-order valence-corrected chi connectivity index (χ2v) is 7.00. The highest BCUT2D eigenvalue weighted by atomic mass is 35.5. The van der Waals surface area contributed by atoms with Gasteiger partial charge in [0.25, 0.3) is 0 Å². The summed E-state index contributed by atoms with van der Waals surface area (Å²) in [5, 5.41) is 1.83. The SMILES string of the molecule is CN(Cc1ccccc1)S(=O)(=O)/C=C/c1ccc(Cl)cc1. The Labute approximate surface area is 130 Å². The van der Waals surface area contributed by atoms with Crippen molar-refractivity contribution in [2.45, 2.75) is 6.54 Å². The van der Waals surface area contributed by atoms with Crippen LogP contribution in [0.15, 0.2) is 60.0 Å². The molecule has 0 atom stereocenters. The second kappa shape index (κ2) is 6.89. The molecule has 3 nitrogen and oxygen atoms in total. The highest BCUT2D eigenvalue weighted by molar-refractivity contribution is 7.92. The zero-order valence-corrected chi connectivity index (χ0v) is 13.2. The Morgan fingerprint density at radius 2 is 1.67 bits per heavy atom. The van der Waals surface area contributed by atoms with Crippen LogP contribution < -0.4 is 0 Å². The standard InChI is InChI=1S/C16H16ClNO2S/c1-18(13-15-5-3-2-4-6-15)21(19,20)12-11-14-7-9-16(17)10-8-14/h2-12H,13H2,1H3/b12-11+. The van der Waals surface area contributed by atoms with Gasteiger partial charge in [0.05, 0.1) is 0 Å². The Kier molecular flexibility index (Phi) is 5.17. The highest BCUT2D eigenvalue weighted by Gasteiger charge is 2.14. The third kappa shape index (κ3) is 4.70. The summed E-state index contributed by atoms with van der Waals surface area (Å²) >= 11 is 5.79. The third-order valence-corrected chi connectivity index (χ3v) is 4.71. The second-order valence-electron chi connectivity index (χ2n) is 4.64. The number of hydrogen-bond donors (Lipinski definition) is 0. The van der Waals surface area contributed by atoms with Gasteiger partial charge in [-0.2, -0.15) is 4.31 Å². The maximum atomic E-state index is 12.2. The normalized spacial score (nSPS) is 12.1. The van der Waals surface area contributed by atoms with Gasteiger partial charge < -0.3 is 0 Å². The molecule has 0 aromatic heterocycles. The Morgan fingerprint density at radius 3 is 2.29 bits per heavy atom. The van der Waals surface area contributed by atoms with Crippen LogP contribution in [0.5, 0.6) is 0 Å². The highest BCUT2D eigenvalue weighted by Crippen LogP contribution is 2.13. The van der Waals surface area contributed by atoms with Crippen LogP contribution in [0.1, 0.15) is 11.1 Å².